The van der Waals surface area contributed by atoms with Gasteiger partial charge in [-0.05, 0) is 38.5 Å². The van der Waals surface area contributed by atoms with Gasteiger partial charge in [-0.2, -0.15) is 48.5 Å². The predicted octanol–water partition coefficient (Wildman–Crippen LogP) is 12.6. The van der Waals surface area contributed by atoms with Gasteiger partial charge in [-0.1, -0.05) is 92.9 Å². The summed E-state index contributed by atoms with van der Waals surface area (Å²) in [6.07, 6.45) is 13.7. The van der Waals surface area contributed by atoms with Crippen LogP contribution in [-0.4, -0.2) is 46.8 Å². The van der Waals surface area contributed by atoms with Crippen LogP contribution >= 0.6 is 0 Å². The molecule has 0 bridgehead atoms. The van der Waals surface area contributed by atoms with Crippen LogP contribution in [0, 0.1) is 46.2 Å². The van der Waals surface area contributed by atoms with Gasteiger partial charge < -0.3 is 9.80 Å². The molecule has 4 aromatic carbocycles. The molecule has 2 aliphatic carbocycles. The van der Waals surface area contributed by atoms with Crippen molar-refractivity contribution < 1.29 is 48.9 Å². The second-order valence-electron chi connectivity index (χ2n) is 17.5. The van der Waals surface area contributed by atoms with E-state index in [1.165, 1.54) is 62.8 Å². The topological polar surface area (TPSA) is 40.6 Å². The molecule has 320 valence electrons. The number of carbonyl (C=O) groups is 2. The van der Waals surface area contributed by atoms with Gasteiger partial charge in [0, 0.05) is 59.3 Å². The molecule has 4 nitrogen and oxygen atoms in total. The fraction of sp³-hybridized carbons (Fsp3) is 0.520. The van der Waals surface area contributed by atoms with Crippen molar-refractivity contribution in [3.63, 3.8) is 0 Å². The van der Waals surface area contributed by atoms with E-state index in [1.54, 1.807) is 0 Å². The molecule has 0 radical (unpaired) electrons. The van der Waals surface area contributed by atoms with Gasteiger partial charge in [-0.15, -0.1) is 35.4 Å². The minimum absolute atomic E-state index is 0. The van der Waals surface area contributed by atoms with E-state index >= 15 is 0 Å². The summed E-state index contributed by atoms with van der Waals surface area (Å²) in [5, 5.41) is 0. The van der Waals surface area contributed by atoms with Gasteiger partial charge in [0.2, 0.25) is 11.8 Å². The smallest absolute Gasteiger partial charge is 0.339 e. The first kappa shape index (κ1) is 51.7. The molecule has 9 heteroatoms. The Balaban J connectivity index is 0.000000323. The van der Waals surface area contributed by atoms with Crippen molar-refractivity contribution >= 4 is 11.8 Å². The van der Waals surface area contributed by atoms with Crippen LogP contribution in [0.15, 0.2) is 84.9 Å². The molecule has 6 rings (SSSR count). The number of hydrogen-bond acceptors (Lipinski definition) is 2. The van der Waals surface area contributed by atoms with Crippen molar-refractivity contribution in [1.29, 1.82) is 0 Å². The molecular weight excluding hydrogens is 784 g/mol. The number of benzene rings is 2. The van der Waals surface area contributed by atoms with E-state index in [0.29, 0.717) is 62.0 Å². The maximum atomic E-state index is 13.7. The second-order valence-corrected chi connectivity index (χ2v) is 17.5. The van der Waals surface area contributed by atoms with Gasteiger partial charge in [0.25, 0.3) is 0 Å². The summed E-state index contributed by atoms with van der Waals surface area (Å²) in [5.74, 6) is -2.27. The van der Waals surface area contributed by atoms with E-state index < -0.39 is 34.1 Å². The number of hydrogen-bond donors (Lipinski definition) is 0. The van der Waals surface area contributed by atoms with Crippen LogP contribution < -0.4 is 0 Å². The molecule has 2 saturated carbocycles. The van der Waals surface area contributed by atoms with Gasteiger partial charge >= 0.3 is 21.7 Å². The van der Waals surface area contributed by atoms with Crippen molar-refractivity contribution in [3.05, 3.63) is 131 Å². The van der Waals surface area contributed by atoms with Crippen molar-refractivity contribution in [3.8, 4) is 0 Å². The summed E-state index contributed by atoms with van der Waals surface area (Å²) >= 11 is 0. The molecule has 4 aromatic rings. The third-order valence-corrected chi connectivity index (χ3v) is 10.5. The van der Waals surface area contributed by atoms with Crippen LogP contribution in [0.3, 0.4) is 0 Å². The average Bonchev–Trinajstić information content (AvgIpc) is 3.98. The number of carbonyl (C=O) groups excluding carboxylic acids is 2. The fourth-order valence-electron chi connectivity index (χ4n) is 7.40. The van der Waals surface area contributed by atoms with Gasteiger partial charge in [0.1, 0.15) is 0 Å². The molecule has 0 saturated heterocycles. The van der Waals surface area contributed by atoms with Gasteiger partial charge in [-0.3, -0.25) is 9.59 Å². The Bertz CT molecular complexity index is 1560. The Morgan fingerprint density at radius 2 is 0.898 bits per heavy atom. The number of halogens is 4. The van der Waals surface area contributed by atoms with E-state index in [-0.39, 0.29) is 33.5 Å². The zero-order valence-corrected chi connectivity index (χ0v) is 37.8. The van der Waals surface area contributed by atoms with Crippen LogP contribution in [0.2, 0.25) is 0 Å². The standard InChI is InChI=1S/2C20H28F2NO.2C5H5.Ti/c2*1-20(2,3)19(24)23(17-9-5-4-6-10-17)13-7-8-15-11-12-16(21)14-18(15)22;2*1-2-4-5-3-1;/h2*11-12,17H,4-10,13H2,1-3H3;2*1-5H;/q4*-1;+4. The zero-order chi connectivity index (χ0) is 42.6. The second kappa shape index (κ2) is 26.7. The molecule has 0 aliphatic heterocycles. The third-order valence-electron chi connectivity index (χ3n) is 10.5. The Labute approximate surface area is 367 Å². The molecule has 59 heavy (non-hydrogen) atoms. The van der Waals surface area contributed by atoms with Crippen LogP contribution in [0.5, 0.6) is 0 Å². The first-order valence-corrected chi connectivity index (χ1v) is 21.3. The van der Waals surface area contributed by atoms with E-state index in [2.05, 4.69) is 12.1 Å². The first-order valence-electron chi connectivity index (χ1n) is 21.3. The Morgan fingerprint density at radius 1 is 0.576 bits per heavy atom. The maximum absolute atomic E-state index is 13.7. The van der Waals surface area contributed by atoms with Crippen LogP contribution in [0.4, 0.5) is 17.6 Å². The number of rotatable bonds is 10. The number of amides is 2. The summed E-state index contributed by atoms with van der Waals surface area (Å²) in [6, 6.07) is 30.2. The van der Waals surface area contributed by atoms with Crippen LogP contribution in [-0.2, 0) is 44.1 Å². The monoisotopic (exact) mass is 850 g/mol. The Hall–Kier alpha value is -3.49. The minimum atomic E-state index is -0.678. The average molecular weight is 851 g/mol. The molecule has 2 fully saturated rings. The summed E-state index contributed by atoms with van der Waals surface area (Å²) in [5.41, 5.74) is 0.102. The summed E-state index contributed by atoms with van der Waals surface area (Å²) in [7, 11) is 0. The molecule has 2 aliphatic rings. The zero-order valence-electron chi connectivity index (χ0n) is 36.3. The Morgan fingerprint density at radius 3 is 1.15 bits per heavy atom. The molecule has 0 unspecified atom stereocenters. The van der Waals surface area contributed by atoms with Crippen molar-refractivity contribution in [2.45, 2.75) is 144 Å². The summed E-state index contributed by atoms with van der Waals surface area (Å²) in [4.78, 5) is 29.6. The van der Waals surface area contributed by atoms with E-state index in [4.69, 9.17) is 0 Å². The largest absolute Gasteiger partial charge is 4.00 e. The van der Waals surface area contributed by atoms with Crippen molar-refractivity contribution in [1.82, 2.24) is 9.80 Å². The van der Waals surface area contributed by atoms with Crippen molar-refractivity contribution in [2.75, 3.05) is 13.1 Å². The summed E-state index contributed by atoms with van der Waals surface area (Å²) < 4.78 is 53.3. The number of aryl methyl sites for hydroxylation is 2. The third kappa shape index (κ3) is 19.2. The molecule has 0 heterocycles. The van der Waals surface area contributed by atoms with Gasteiger partial charge in [0.05, 0.1) is 0 Å². The Kier molecular flexibility index (Phi) is 23.3. The fourth-order valence-corrected chi connectivity index (χ4v) is 7.40. The number of nitrogens with zero attached hydrogens (tertiary/aromatic N) is 2. The van der Waals surface area contributed by atoms with Crippen LogP contribution in [0.1, 0.15) is 130 Å². The maximum Gasteiger partial charge on any atom is 4.00 e. The van der Waals surface area contributed by atoms with Gasteiger partial charge in [0.15, 0.2) is 0 Å². The molecule has 0 atom stereocenters. The van der Waals surface area contributed by atoms with Crippen LogP contribution in [0.25, 0.3) is 0 Å². The van der Waals surface area contributed by atoms with E-state index in [1.807, 2.05) is 112 Å². The summed E-state index contributed by atoms with van der Waals surface area (Å²) in [6.45, 7) is 12.9. The van der Waals surface area contributed by atoms with E-state index in [0.717, 1.165) is 25.7 Å². The molecule has 0 aromatic heterocycles. The van der Waals surface area contributed by atoms with Gasteiger partial charge in [-0.25, -0.2) is 41.8 Å². The molecule has 2 amide bonds. The van der Waals surface area contributed by atoms with Crippen molar-refractivity contribution in [2.24, 2.45) is 10.8 Å². The normalized spacial score (nSPS) is 14.5. The first-order chi connectivity index (χ1) is 27.6. The minimum Gasteiger partial charge on any atom is -0.339 e. The molecule has 0 spiro atoms. The molecule has 0 N–H and O–H groups in total. The predicted molar refractivity (Wildman–Crippen MR) is 227 cm³/mol. The molecular formula is C50H66F4N2O2Ti. The van der Waals surface area contributed by atoms with E-state index in [9.17, 15) is 27.2 Å². The quantitative estimate of drug-likeness (QED) is 0.0906. The SMILES string of the molecule is CC(C)(C)C(=O)N(CCCc1ccc(F)[c-]c1F)C1CCCCC1.CC(C)(C)C(=O)N(CCCc1ccc(F)[c-]c1F)C1CCCCC1.[Ti+4].c1cc[cH-]c1.c1cc[cH-]c1.